The molecule has 2 aromatic rings. The number of thiophene rings is 1. The summed E-state index contributed by atoms with van der Waals surface area (Å²) in [5.41, 5.74) is 6.32. The van der Waals surface area contributed by atoms with Crippen LogP contribution in [0.25, 0.3) is 0 Å². The number of carbonyl (C=O) groups is 3. The van der Waals surface area contributed by atoms with E-state index in [1.165, 1.54) is 10.7 Å². The van der Waals surface area contributed by atoms with Gasteiger partial charge in [0.1, 0.15) is 5.00 Å². The average molecular weight is 423 g/mol. The van der Waals surface area contributed by atoms with Crippen LogP contribution in [0, 0.1) is 24.0 Å². The number of anilines is 1. The SMILES string of the molecule is CCCOC(=O)c1c(NC(=O)CCn2nc([N+](=O)[O-])cc2C)sc(C(N)=O)c1C. The van der Waals surface area contributed by atoms with E-state index in [4.69, 9.17) is 10.5 Å². The molecule has 0 bridgehead atoms. The zero-order valence-electron chi connectivity index (χ0n) is 16.2. The highest BCUT2D eigenvalue weighted by Crippen LogP contribution is 2.33. The molecule has 156 valence electrons. The first-order valence-corrected chi connectivity index (χ1v) is 9.56. The number of primary amides is 1. The molecule has 0 fully saturated rings. The van der Waals surface area contributed by atoms with Gasteiger partial charge >= 0.3 is 11.8 Å². The van der Waals surface area contributed by atoms with Crippen molar-refractivity contribution >= 4 is 39.9 Å². The van der Waals surface area contributed by atoms with Crippen molar-refractivity contribution in [1.29, 1.82) is 0 Å². The molecule has 29 heavy (non-hydrogen) atoms. The Bertz CT molecular complexity index is 964. The summed E-state index contributed by atoms with van der Waals surface area (Å²) in [5, 5.41) is 17.4. The van der Waals surface area contributed by atoms with Crippen LogP contribution in [0.5, 0.6) is 0 Å². The fourth-order valence-electron chi connectivity index (χ4n) is 2.55. The molecule has 0 spiro atoms. The van der Waals surface area contributed by atoms with Gasteiger partial charge in [0, 0.05) is 6.42 Å². The number of ether oxygens (including phenoxy) is 1. The number of nitrogens with zero attached hydrogens (tertiary/aromatic N) is 3. The molecule has 0 aliphatic rings. The van der Waals surface area contributed by atoms with Gasteiger partial charge in [0.25, 0.3) is 5.91 Å². The Hall–Kier alpha value is -3.28. The Labute approximate surface area is 170 Å². The Morgan fingerprint density at radius 3 is 2.62 bits per heavy atom. The quantitative estimate of drug-likeness (QED) is 0.355. The number of hydrogen-bond acceptors (Lipinski definition) is 8. The fourth-order valence-corrected chi connectivity index (χ4v) is 3.62. The largest absolute Gasteiger partial charge is 0.462 e. The summed E-state index contributed by atoms with van der Waals surface area (Å²) in [6, 6.07) is 1.31. The topological polar surface area (TPSA) is 159 Å². The molecule has 0 saturated heterocycles. The van der Waals surface area contributed by atoms with Crippen molar-refractivity contribution in [2.45, 2.75) is 40.2 Å². The number of nitro groups is 1. The monoisotopic (exact) mass is 423 g/mol. The number of rotatable bonds is 9. The zero-order valence-corrected chi connectivity index (χ0v) is 17.0. The normalized spacial score (nSPS) is 10.6. The van der Waals surface area contributed by atoms with Crippen LogP contribution in [-0.4, -0.2) is 39.1 Å². The Balaban J connectivity index is 2.16. The average Bonchev–Trinajstić information content (AvgIpc) is 3.18. The van der Waals surface area contributed by atoms with Crippen molar-refractivity contribution in [2.24, 2.45) is 5.73 Å². The van der Waals surface area contributed by atoms with Crippen molar-refractivity contribution in [3.63, 3.8) is 0 Å². The van der Waals surface area contributed by atoms with E-state index in [1.807, 2.05) is 6.92 Å². The van der Waals surface area contributed by atoms with Crippen LogP contribution in [0.3, 0.4) is 0 Å². The summed E-state index contributed by atoms with van der Waals surface area (Å²) in [6.45, 7) is 5.34. The first-order chi connectivity index (χ1) is 13.6. The van der Waals surface area contributed by atoms with Crippen molar-refractivity contribution < 1.29 is 24.0 Å². The lowest BCUT2D eigenvalue weighted by Crippen LogP contribution is -2.17. The van der Waals surface area contributed by atoms with E-state index in [0.717, 1.165) is 11.3 Å². The van der Waals surface area contributed by atoms with Crippen LogP contribution in [0.15, 0.2) is 6.07 Å². The second kappa shape index (κ2) is 9.28. The summed E-state index contributed by atoms with van der Waals surface area (Å²) in [6.07, 6.45) is 0.570. The molecule has 3 N–H and O–H groups in total. The number of carbonyl (C=O) groups excluding carboxylic acids is 3. The first kappa shape index (κ1) is 22.0. The van der Waals surface area contributed by atoms with Gasteiger partial charge in [0.15, 0.2) is 0 Å². The number of aryl methyl sites for hydroxylation is 2. The van der Waals surface area contributed by atoms with E-state index in [9.17, 15) is 24.5 Å². The lowest BCUT2D eigenvalue weighted by molar-refractivity contribution is -0.389. The molecule has 2 aromatic heterocycles. The predicted molar refractivity (Wildman–Crippen MR) is 105 cm³/mol. The molecule has 0 aromatic carbocycles. The molecular weight excluding hydrogens is 402 g/mol. The maximum Gasteiger partial charge on any atom is 0.390 e. The zero-order chi connectivity index (χ0) is 21.7. The summed E-state index contributed by atoms with van der Waals surface area (Å²) < 4.78 is 6.48. The number of amides is 2. The number of nitrogens with one attached hydrogen (secondary N) is 1. The maximum absolute atomic E-state index is 12.4. The van der Waals surface area contributed by atoms with E-state index in [2.05, 4.69) is 10.4 Å². The van der Waals surface area contributed by atoms with Gasteiger partial charge < -0.3 is 25.9 Å². The molecule has 0 radical (unpaired) electrons. The van der Waals surface area contributed by atoms with Crippen LogP contribution in [0.4, 0.5) is 10.8 Å². The third-order valence-electron chi connectivity index (χ3n) is 3.97. The Morgan fingerprint density at radius 2 is 2.07 bits per heavy atom. The molecule has 0 saturated carbocycles. The van der Waals surface area contributed by atoms with Gasteiger partial charge in [-0.05, 0) is 30.8 Å². The van der Waals surface area contributed by atoms with Gasteiger partial charge in [-0.15, -0.1) is 11.3 Å². The third kappa shape index (κ3) is 5.16. The Morgan fingerprint density at radius 1 is 1.38 bits per heavy atom. The highest BCUT2D eigenvalue weighted by molar-refractivity contribution is 7.18. The standard InChI is InChI=1S/C17H21N5O6S/c1-4-7-28-17(25)13-10(3)14(15(18)24)29-16(13)19-12(23)5-6-21-9(2)8-11(20-21)22(26)27/h8H,4-7H2,1-3H3,(H2,18,24)(H,19,23). The van der Waals surface area contributed by atoms with Crippen LogP contribution < -0.4 is 11.1 Å². The van der Waals surface area contributed by atoms with Gasteiger partial charge in [-0.2, -0.15) is 4.68 Å². The second-order valence-corrected chi connectivity index (χ2v) is 7.20. The van der Waals surface area contributed by atoms with Gasteiger partial charge in [0.05, 0.1) is 40.5 Å². The summed E-state index contributed by atoms with van der Waals surface area (Å²) in [4.78, 5) is 46.7. The van der Waals surface area contributed by atoms with E-state index < -0.39 is 22.7 Å². The molecule has 0 aliphatic heterocycles. The minimum absolute atomic E-state index is 0.0496. The van der Waals surface area contributed by atoms with Crippen molar-refractivity contribution in [2.75, 3.05) is 11.9 Å². The lowest BCUT2D eigenvalue weighted by Gasteiger charge is -2.07. The molecule has 2 rings (SSSR count). The summed E-state index contributed by atoms with van der Waals surface area (Å²) in [5.74, 6) is -2.12. The lowest BCUT2D eigenvalue weighted by atomic mass is 10.1. The summed E-state index contributed by atoms with van der Waals surface area (Å²) >= 11 is 0.898. The van der Waals surface area contributed by atoms with Crippen molar-refractivity contribution in [1.82, 2.24) is 9.78 Å². The highest BCUT2D eigenvalue weighted by atomic mass is 32.1. The molecule has 0 aliphatic carbocycles. The second-order valence-electron chi connectivity index (χ2n) is 6.18. The Kier molecular flexibility index (Phi) is 7.04. The molecule has 11 nitrogen and oxygen atoms in total. The third-order valence-corrected chi connectivity index (χ3v) is 5.19. The van der Waals surface area contributed by atoms with Crippen LogP contribution >= 0.6 is 11.3 Å². The first-order valence-electron chi connectivity index (χ1n) is 8.74. The predicted octanol–water partition coefficient (Wildman–Crippen LogP) is 2.16. The van der Waals surface area contributed by atoms with Gasteiger partial charge in [-0.25, -0.2) is 4.79 Å². The van der Waals surface area contributed by atoms with Crippen LogP contribution in [0.1, 0.15) is 51.1 Å². The molecule has 2 amide bonds. The van der Waals surface area contributed by atoms with Gasteiger partial charge in [-0.3, -0.25) is 9.59 Å². The van der Waals surface area contributed by atoms with Crippen molar-refractivity contribution in [3.8, 4) is 0 Å². The molecule has 0 unspecified atom stereocenters. The van der Waals surface area contributed by atoms with E-state index in [1.54, 1.807) is 13.8 Å². The summed E-state index contributed by atoms with van der Waals surface area (Å²) in [7, 11) is 0. The number of aromatic nitrogens is 2. The minimum Gasteiger partial charge on any atom is -0.462 e. The van der Waals surface area contributed by atoms with Crippen molar-refractivity contribution in [3.05, 3.63) is 37.9 Å². The minimum atomic E-state index is -0.711. The number of hydrogen-bond donors (Lipinski definition) is 2. The van der Waals surface area contributed by atoms with E-state index in [0.29, 0.717) is 17.7 Å². The van der Waals surface area contributed by atoms with E-state index in [-0.39, 0.29) is 40.8 Å². The molecule has 2 heterocycles. The molecular formula is C17H21N5O6S. The smallest absolute Gasteiger partial charge is 0.390 e. The van der Waals surface area contributed by atoms with E-state index >= 15 is 0 Å². The number of esters is 1. The highest BCUT2D eigenvalue weighted by Gasteiger charge is 2.26. The maximum atomic E-state index is 12.4. The fraction of sp³-hybridized carbons (Fsp3) is 0.412. The van der Waals surface area contributed by atoms with Gasteiger partial charge in [-0.1, -0.05) is 6.92 Å². The van der Waals surface area contributed by atoms with Gasteiger partial charge in [0.2, 0.25) is 5.91 Å². The van der Waals surface area contributed by atoms with Crippen LogP contribution in [-0.2, 0) is 16.1 Å². The molecule has 0 atom stereocenters. The number of nitrogens with two attached hydrogens (primary N) is 1. The van der Waals surface area contributed by atoms with Crippen LogP contribution in [0.2, 0.25) is 0 Å². The molecule has 12 heteroatoms.